The Bertz CT molecular complexity index is 1400. The van der Waals surface area contributed by atoms with Crippen LogP contribution in [0.5, 0.6) is 0 Å². The summed E-state index contributed by atoms with van der Waals surface area (Å²) in [5, 5.41) is 3.46. The average molecular weight is 1210 g/mol. The molecule has 0 aliphatic rings. The molecule has 0 radical (unpaired) electrons. The normalized spacial score (nSPS) is 12.0. The van der Waals surface area contributed by atoms with E-state index >= 15 is 0 Å². The van der Waals surface area contributed by atoms with Crippen LogP contribution in [0.15, 0.2) is 25.0 Å². The van der Waals surface area contributed by atoms with Crippen LogP contribution in [0.3, 0.4) is 0 Å². The first-order valence-corrected chi connectivity index (χ1v) is 35.0. The average Bonchev–Trinajstić information content (AvgIpc) is 3.49. The summed E-state index contributed by atoms with van der Waals surface area (Å²) in [5.74, 6) is 2.66. The lowest BCUT2D eigenvalue weighted by molar-refractivity contribution is -0.151. The molecule has 0 saturated carbocycles. The van der Waals surface area contributed by atoms with Crippen molar-refractivity contribution >= 4 is 30.0 Å². The first kappa shape index (κ1) is 90.7. The van der Waals surface area contributed by atoms with Crippen LogP contribution < -0.4 is 5.32 Å². The van der Waals surface area contributed by atoms with Gasteiger partial charge in [0.1, 0.15) is 12.1 Å². The molecule has 12 nitrogen and oxygen atoms in total. The van der Waals surface area contributed by atoms with Crippen LogP contribution in [0.1, 0.15) is 320 Å². The molecule has 0 heterocycles. The number of methoxy groups -OCH3 is 2. The van der Waals surface area contributed by atoms with Crippen molar-refractivity contribution < 1.29 is 52.4 Å². The number of rotatable bonds is 57. The number of hydrogen-bond acceptors (Lipinski definition) is 12. The fourth-order valence-corrected chi connectivity index (χ4v) is 8.92. The molecule has 1 N–H and O–H groups in total. The summed E-state index contributed by atoms with van der Waals surface area (Å²) < 4.78 is 31.7. The van der Waals surface area contributed by atoms with Gasteiger partial charge in [0, 0.05) is 58.2 Å². The van der Waals surface area contributed by atoms with Gasteiger partial charge in [-0.25, -0.2) is 0 Å². The summed E-state index contributed by atoms with van der Waals surface area (Å²) in [6, 6.07) is 0. The van der Waals surface area contributed by atoms with Gasteiger partial charge in [-0.05, 0) is 102 Å². The van der Waals surface area contributed by atoms with Crippen molar-refractivity contribution in [1.29, 1.82) is 0 Å². The lowest BCUT2D eigenvalue weighted by Gasteiger charge is -2.20. The molecule has 0 rings (SSSR count). The van der Waals surface area contributed by atoms with Gasteiger partial charge in [0.25, 0.3) is 0 Å². The van der Waals surface area contributed by atoms with Gasteiger partial charge in [-0.1, -0.05) is 223 Å². The van der Waals surface area contributed by atoms with E-state index in [-0.39, 0.29) is 42.8 Å². The molecule has 0 saturated heterocycles. The lowest BCUT2D eigenvalue weighted by atomic mass is 9.88. The van der Waals surface area contributed by atoms with E-state index in [0.717, 1.165) is 101 Å². The fourth-order valence-electron chi connectivity index (χ4n) is 8.92. The number of allylic oxidation sites excluding steroid dienone is 2. The van der Waals surface area contributed by atoms with Crippen molar-refractivity contribution in [3.05, 3.63) is 25.0 Å². The summed E-state index contributed by atoms with van der Waals surface area (Å²) in [4.78, 5) is 55.9. The highest BCUT2D eigenvalue weighted by molar-refractivity contribution is 5.75. The molecular formula is C73H143NO11. The predicted molar refractivity (Wildman–Crippen MR) is 361 cm³/mol. The Kier molecular flexibility index (Phi) is 82.1. The third kappa shape index (κ3) is 83.0. The van der Waals surface area contributed by atoms with Crippen LogP contribution in [-0.4, -0.2) is 96.9 Å². The maximum atomic E-state index is 11.9. The first-order valence-electron chi connectivity index (χ1n) is 35.0. The number of esters is 3. The second kappa shape index (κ2) is 77.0. The van der Waals surface area contributed by atoms with Gasteiger partial charge in [0.2, 0.25) is 0 Å². The molecule has 0 aromatic carbocycles. The number of carbonyl (C=O) groups is 5. The second-order valence-corrected chi connectivity index (χ2v) is 24.3. The van der Waals surface area contributed by atoms with Gasteiger partial charge in [0.05, 0.1) is 51.8 Å². The maximum absolute atomic E-state index is 11.9. The monoisotopic (exact) mass is 1210 g/mol. The second-order valence-electron chi connectivity index (χ2n) is 24.3. The quantitative estimate of drug-likeness (QED) is 0.0154. The Morgan fingerprint density at radius 1 is 0.435 bits per heavy atom. The Balaban J connectivity index is -0.000000328. The van der Waals surface area contributed by atoms with Crippen molar-refractivity contribution in [3.63, 3.8) is 0 Å². The number of carbonyl (C=O) groups excluding carboxylic acids is 5. The molecule has 0 aliphatic carbocycles. The Labute approximate surface area is 527 Å². The molecule has 0 fully saturated rings. The maximum Gasteiger partial charge on any atom is 0.306 e. The minimum Gasteiger partial charge on any atom is -0.499 e. The molecule has 0 aliphatic heterocycles. The number of ether oxygens (including phenoxy) is 6. The van der Waals surface area contributed by atoms with Crippen LogP contribution in [0.2, 0.25) is 0 Å². The van der Waals surface area contributed by atoms with E-state index < -0.39 is 0 Å². The zero-order valence-electron chi connectivity index (χ0n) is 58.5. The van der Waals surface area contributed by atoms with E-state index in [1.165, 1.54) is 154 Å². The van der Waals surface area contributed by atoms with Crippen molar-refractivity contribution in [2.75, 3.05) is 67.0 Å². The van der Waals surface area contributed by atoms with Gasteiger partial charge in [-0.2, -0.15) is 0 Å². The number of Topliss-reactive ketones (excluding diaryl/α,β-unsaturated/α-hetero) is 1. The molecule has 506 valence electrons. The summed E-state index contributed by atoms with van der Waals surface area (Å²) >= 11 is 0. The number of unbranched alkanes of at least 4 members (excludes halogenated alkanes) is 23. The zero-order chi connectivity index (χ0) is 64.7. The lowest BCUT2D eigenvalue weighted by Crippen LogP contribution is -2.22. The summed E-state index contributed by atoms with van der Waals surface area (Å²) in [7, 11) is 3.23. The summed E-state index contributed by atoms with van der Waals surface area (Å²) in [5.41, 5.74) is 0. The van der Waals surface area contributed by atoms with Gasteiger partial charge in [-0.15, -0.1) is 6.58 Å². The molecule has 0 aromatic heterocycles. The van der Waals surface area contributed by atoms with E-state index in [9.17, 15) is 24.0 Å². The molecule has 12 heteroatoms. The highest BCUT2D eigenvalue weighted by Crippen LogP contribution is 2.21. The molecule has 85 heavy (non-hydrogen) atoms. The van der Waals surface area contributed by atoms with Crippen molar-refractivity contribution in [1.82, 2.24) is 5.32 Å². The molecule has 0 spiro atoms. The molecule has 4 unspecified atom stereocenters. The van der Waals surface area contributed by atoms with Crippen LogP contribution in [0.4, 0.5) is 0 Å². The Morgan fingerprint density at radius 3 is 1.29 bits per heavy atom. The van der Waals surface area contributed by atoms with Crippen LogP contribution in [-0.2, 0) is 52.4 Å². The summed E-state index contributed by atoms with van der Waals surface area (Å²) in [6.07, 6.45) is 45.3. The number of ketones is 1. The molecule has 0 aromatic rings. The highest BCUT2D eigenvalue weighted by atomic mass is 16.5. The Morgan fingerprint density at radius 2 is 0.871 bits per heavy atom. The highest BCUT2D eigenvalue weighted by Gasteiger charge is 2.18. The number of aldehydes is 1. The predicted octanol–water partition coefficient (Wildman–Crippen LogP) is 20.1. The van der Waals surface area contributed by atoms with E-state index in [2.05, 4.69) is 80.8 Å². The van der Waals surface area contributed by atoms with E-state index in [4.69, 9.17) is 28.4 Å². The SMILES string of the molecule is C=C(CC(COC)COC(=O)CCCCCCCC)OCCC(C)C.C=CCCCCCCCC.CCCCCCCCC(=O)OCC(COC)CC(=O)OCCC.CCCCCCCCC=O.CCCNCCC(C)C(C)CCCCC(C)=O. The first-order chi connectivity index (χ1) is 41.0. The molecule has 4 atom stereocenters. The van der Waals surface area contributed by atoms with Crippen LogP contribution in [0.25, 0.3) is 0 Å². The van der Waals surface area contributed by atoms with Crippen molar-refractivity contribution in [3.8, 4) is 0 Å². The molecule has 0 bridgehead atoms. The third-order valence-corrected chi connectivity index (χ3v) is 14.7. The standard InChI is InChI=1S/C21H40O4.C18H34O5.C15H31NO.C10H20.C9H18O/c1-6-7-8-9-10-11-12-21(22)25-17-20(16-23-5)15-19(4)24-14-13-18(2)3;1-4-6-7-8-9-10-11-17(19)23-15-16(14-21-3)13-18(20)22-12-5-2;1-5-11-16-12-10-14(3)13(2)8-6-7-9-15(4)17;1-3-5-7-9-10-8-6-4-2;1-2-3-4-5-6-7-8-9-10/h18,20H,4,6-17H2,1-3,5H3;16H,4-15H2,1-3H3;13-14,16H,5-12H2,1-4H3;3H,1,4-10H2,2H3;9H,2-8H2,1H3. The van der Waals surface area contributed by atoms with E-state index in [0.29, 0.717) is 64.0 Å². The third-order valence-electron chi connectivity index (χ3n) is 14.7. The number of hydrogen-bond donors (Lipinski definition) is 1. The van der Waals surface area contributed by atoms with Gasteiger partial charge in [0.15, 0.2) is 0 Å². The van der Waals surface area contributed by atoms with E-state index in [1.54, 1.807) is 21.1 Å². The topological polar surface area (TPSA) is 153 Å². The van der Waals surface area contributed by atoms with Crippen LogP contribution in [0, 0.1) is 29.6 Å². The molecular weight excluding hydrogens is 1070 g/mol. The minimum atomic E-state index is -0.263. The largest absolute Gasteiger partial charge is 0.499 e. The zero-order valence-corrected chi connectivity index (χ0v) is 58.5. The van der Waals surface area contributed by atoms with Gasteiger partial charge < -0.3 is 43.3 Å². The minimum absolute atomic E-state index is 0.102. The van der Waals surface area contributed by atoms with Crippen LogP contribution >= 0.6 is 0 Å². The van der Waals surface area contributed by atoms with Crippen molar-refractivity contribution in [2.24, 2.45) is 29.6 Å². The van der Waals surface area contributed by atoms with Gasteiger partial charge in [-0.3, -0.25) is 14.4 Å². The Hall–Kier alpha value is -3.09. The summed E-state index contributed by atoms with van der Waals surface area (Å²) in [6.45, 7) is 36.3. The fraction of sp³-hybridized carbons (Fsp3) is 0.877. The van der Waals surface area contributed by atoms with Gasteiger partial charge >= 0.3 is 17.9 Å². The molecule has 0 amide bonds. The smallest absolute Gasteiger partial charge is 0.306 e. The van der Waals surface area contributed by atoms with E-state index in [1.807, 2.05) is 13.0 Å². The van der Waals surface area contributed by atoms with Crippen molar-refractivity contribution in [2.45, 2.75) is 320 Å². The number of nitrogens with one attached hydrogen (secondary N) is 1.